The van der Waals surface area contributed by atoms with E-state index < -0.39 is 31.3 Å². The van der Waals surface area contributed by atoms with Gasteiger partial charge in [-0.15, -0.1) is 11.3 Å². The van der Waals surface area contributed by atoms with Gasteiger partial charge in [0.1, 0.15) is 23.4 Å². The smallest absolute Gasteiger partial charge is 0.407 e. The summed E-state index contributed by atoms with van der Waals surface area (Å²) in [6.07, 6.45) is -4.45. The molecule has 212 valence electrons. The largest absolute Gasteiger partial charge is 0.490 e. The predicted molar refractivity (Wildman–Crippen MR) is 138 cm³/mol. The van der Waals surface area contributed by atoms with Crippen LogP contribution in [0.1, 0.15) is 28.1 Å². The van der Waals surface area contributed by atoms with Crippen molar-refractivity contribution in [3.63, 3.8) is 0 Å². The summed E-state index contributed by atoms with van der Waals surface area (Å²) in [4.78, 5) is 26.5. The van der Waals surface area contributed by atoms with Crippen LogP contribution >= 0.6 is 11.3 Å². The first-order valence-corrected chi connectivity index (χ1v) is 12.7. The third-order valence-corrected chi connectivity index (χ3v) is 6.48. The van der Waals surface area contributed by atoms with Crippen LogP contribution in [0.3, 0.4) is 0 Å². The summed E-state index contributed by atoms with van der Waals surface area (Å²) in [6.45, 7) is 3.11. The van der Waals surface area contributed by atoms with Crippen LogP contribution in [0.15, 0.2) is 46.2 Å². The Morgan fingerprint density at radius 1 is 1.21 bits per heavy atom. The van der Waals surface area contributed by atoms with Crippen molar-refractivity contribution in [3.8, 4) is 16.3 Å². The molecule has 1 saturated heterocycles. The number of hydrogen-bond acceptors (Lipinski definition) is 7. The van der Waals surface area contributed by atoms with Crippen LogP contribution in [0.5, 0.6) is 5.75 Å². The second kappa shape index (κ2) is 13.2. The van der Waals surface area contributed by atoms with Crippen molar-refractivity contribution in [1.82, 2.24) is 15.2 Å². The van der Waals surface area contributed by atoms with Gasteiger partial charge in [0.15, 0.2) is 0 Å². The highest BCUT2D eigenvalue weighted by Gasteiger charge is 2.33. The summed E-state index contributed by atoms with van der Waals surface area (Å²) < 4.78 is 81.3. The molecule has 3 rings (SSSR count). The minimum Gasteiger partial charge on any atom is -0.490 e. The van der Waals surface area contributed by atoms with Crippen molar-refractivity contribution in [3.05, 3.63) is 46.6 Å². The Morgan fingerprint density at radius 2 is 1.92 bits per heavy atom. The van der Waals surface area contributed by atoms with Crippen LogP contribution in [-0.2, 0) is 0 Å². The number of carbonyl (C=O) groups excluding carboxylic acids is 1. The minimum absolute atomic E-state index is 0.159. The molecule has 0 spiro atoms. The molecule has 1 fully saturated rings. The zero-order valence-electron chi connectivity index (χ0n) is 21.0. The summed E-state index contributed by atoms with van der Waals surface area (Å²) in [5.74, 6) is -0.177. The number of aromatic nitrogens is 1. The van der Waals surface area contributed by atoms with Crippen molar-refractivity contribution in [2.24, 2.45) is 9.98 Å². The molecule has 0 saturated carbocycles. The second-order valence-corrected chi connectivity index (χ2v) is 10.1. The van der Waals surface area contributed by atoms with Crippen LogP contribution in [0.25, 0.3) is 10.6 Å². The number of amides is 1. The zero-order chi connectivity index (χ0) is 28.6. The van der Waals surface area contributed by atoms with Gasteiger partial charge in [0.2, 0.25) is 0 Å². The van der Waals surface area contributed by atoms with Crippen LogP contribution in [0, 0.1) is 6.92 Å². The Morgan fingerprint density at radius 3 is 2.51 bits per heavy atom. The quantitative estimate of drug-likeness (QED) is 0.301. The number of nitrogens with one attached hydrogen (secondary N) is 1. The van der Waals surface area contributed by atoms with E-state index in [1.54, 1.807) is 18.3 Å². The molecule has 0 aliphatic carbocycles. The van der Waals surface area contributed by atoms with Gasteiger partial charge in [-0.2, -0.15) is 26.3 Å². The van der Waals surface area contributed by atoms with Crippen LogP contribution in [0.2, 0.25) is 0 Å². The number of aryl methyl sites for hydroxylation is 1. The van der Waals surface area contributed by atoms with E-state index in [-0.39, 0.29) is 36.9 Å². The normalized spacial score (nSPS) is 16.0. The van der Waals surface area contributed by atoms with Gasteiger partial charge in [-0.25, -0.2) is 4.98 Å². The lowest BCUT2D eigenvalue weighted by molar-refractivity contribution is -0.149. The Kier molecular flexibility index (Phi) is 10.2. The highest BCUT2D eigenvalue weighted by Crippen LogP contribution is 2.31. The van der Waals surface area contributed by atoms with Gasteiger partial charge in [-0.05, 0) is 44.7 Å². The average molecular weight is 576 g/mol. The molecule has 1 N–H and O–H groups in total. The number of aliphatic imine (C=N–C) groups is 2. The molecule has 0 atom stereocenters. The highest BCUT2D eigenvalue weighted by molar-refractivity contribution is 7.14. The maximum atomic E-state index is 13.0. The molecular weight excluding hydrogens is 548 g/mol. The molecule has 14 heteroatoms. The first kappa shape index (κ1) is 30.3. The Bertz CT molecular complexity index is 1200. The van der Waals surface area contributed by atoms with Crippen molar-refractivity contribution < 1.29 is 35.9 Å². The summed E-state index contributed by atoms with van der Waals surface area (Å²) in [5.41, 5.74) is 1.03. The Labute approximate surface area is 225 Å². The second-order valence-electron chi connectivity index (χ2n) is 8.88. The SMILES string of the molecule is C=N/C=C(\C=N/CC(F)(F)F)CNC(=O)c1cc(OC2CCN(CC(F)(F)F)CC2)cc(-c2ncc(C)s2)c1. The van der Waals surface area contributed by atoms with Crippen molar-refractivity contribution in [2.45, 2.75) is 38.2 Å². The molecule has 1 aliphatic rings. The Hall–Kier alpha value is -3.26. The molecule has 7 nitrogen and oxygen atoms in total. The van der Waals surface area contributed by atoms with E-state index in [2.05, 4.69) is 27.0 Å². The fourth-order valence-electron chi connectivity index (χ4n) is 3.83. The van der Waals surface area contributed by atoms with E-state index in [4.69, 9.17) is 4.74 Å². The number of piperidine rings is 1. The van der Waals surface area contributed by atoms with Crippen molar-refractivity contribution in [2.75, 3.05) is 32.7 Å². The lowest BCUT2D eigenvalue weighted by atomic mass is 10.1. The molecule has 2 aromatic rings. The summed E-state index contributed by atoms with van der Waals surface area (Å²) >= 11 is 1.41. The van der Waals surface area contributed by atoms with Gasteiger partial charge < -0.3 is 10.1 Å². The predicted octanol–water partition coefficient (Wildman–Crippen LogP) is 5.47. The molecule has 1 aromatic carbocycles. The van der Waals surface area contributed by atoms with E-state index in [0.29, 0.717) is 29.2 Å². The first-order chi connectivity index (χ1) is 18.3. The molecule has 39 heavy (non-hydrogen) atoms. The van der Waals surface area contributed by atoms with Gasteiger partial charge in [0, 0.05) is 59.8 Å². The minimum atomic E-state index is -4.47. The molecular formula is C25H27F6N5O2S. The molecule has 1 amide bonds. The third-order valence-electron chi connectivity index (χ3n) is 5.52. The molecule has 1 aliphatic heterocycles. The van der Waals surface area contributed by atoms with Gasteiger partial charge in [-0.3, -0.25) is 19.7 Å². The number of halogens is 6. The number of thiazole rings is 1. The molecule has 0 radical (unpaired) electrons. The lowest BCUT2D eigenvalue weighted by Crippen LogP contribution is -2.42. The molecule has 0 unspecified atom stereocenters. The highest BCUT2D eigenvalue weighted by atomic mass is 32.1. The van der Waals surface area contributed by atoms with Crippen LogP contribution in [-0.4, -0.2) is 79.9 Å². The number of carbonyl (C=O) groups is 1. The first-order valence-electron chi connectivity index (χ1n) is 11.8. The average Bonchev–Trinajstić information content (AvgIpc) is 3.28. The third kappa shape index (κ3) is 10.4. The summed E-state index contributed by atoms with van der Waals surface area (Å²) in [7, 11) is 0. The number of benzene rings is 1. The number of likely N-dealkylation sites (tertiary alicyclic amines) is 1. The molecule has 0 bridgehead atoms. The zero-order valence-corrected chi connectivity index (χ0v) is 21.8. The van der Waals surface area contributed by atoms with E-state index >= 15 is 0 Å². The van der Waals surface area contributed by atoms with Gasteiger partial charge >= 0.3 is 12.4 Å². The van der Waals surface area contributed by atoms with Crippen molar-refractivity contribution in [1.29, 1.82) is 0 Å². The van der Waals surface area contributed by atoms with E-state index in [9.17, 15) is 31.1 Å². The lowest BCUT2D eigenvalue weighted by Gasteiger charge is -2.32. The monoisotopic (exact) mass is 575 g/mol. The van der Waals surface area contributed by atoms with E-state index in [0.717, 1.165) is 11.1 Å². The van der Waals surface area contributed by atoms with E-state index in [1.807, 2.05) is 6.92 Å². The molecule has 2 heterocycles. The summed E-state index contributed by atoms with van der Waals surface area (Å²) in [5, 5.41) is 3.26. The van der Waals surface area contributed by atoms with Crippen molar-refractivity contribution >= 4 is 30.2 Å². The van der Waals surface area contributed by atoms with Crippen LogP contribution < -0.4 is 10.1 Å². The number of nitrogens with zero attached hydrogens (tertiary/aromatic N) is 4. The van der Waals surface area contributed by atoms with E-state index in [1.165, 1.54) is 28.5 Å². The standard InChI is InChI=1S/C25H27F6N5O2S/c1-16-10-35-23(39-16)19-7-18(22(37)34-13-17(11-32-2)12-33-14-24(26,27)28)8-21(9-19)38-20-3-5-36(6-4-20)15-25(29,30)31/h7-12,20H,2-6,13-15H2,1H3,(H,34,37)/b17-11+,33-12-. The van der Waals surface area contributed by atoms with Gasteiger partial charge in [-0.1, -0.05) is 0 Å². The number of alkyl halides is 6. The van der Waals surface area contributed by atoms with Gasteiger partial charge in [0.05, 0.1) is 6.54 Å². The molecule has 1 aromatic heterocycles. The number of rotatable bonds is 10. The fourth-order valence-corrected chi connectivity index (χ4v) is 4.59. The Balaban J connectivity index is 1.74. The van der Waals surface area contributed by atoms with Gasteiger partial charge in [0.25, 0.3) is 5.91 Å². The fraction of sp³-hybridized carbons (Fsp3) is 0.440. The topological polar surface area (TPSA) is 79.2 Å². The maximum Gasteiger partial charge on any atom is 0.407 e. The number of ether oxygens (including phenoxy) is 1. The maximum absolute atomic E-state index is 13.0. The summed E-state index contributed by atoms with van der Waals surface area (Å²) in [6, 6.07) is 4.83. The number of hydrogen-bond donors (Lipinski definition) is 1. The van der Waals surface area contributed by atoms with Crippen LogP contribution in [0.4, 0.5) is 26.3 Å².